The second-order valence-electron chi connectivity index (χ2n) is 2.73. The Morgan fingerprint density at radius 2 is 1.93 bits per heavy atom. The highest BCUT2D eigenvalue weighted by Crippen LogP contribution is 2.04. The lowest BCUT2D eigenvalue weighted by Crippen LogP contribution is -2.42. The molecule has 0 spiro atoms. The molecule has 3 nitrogen and oxygen atoms in total. The number of hydrogen-bond acceptors (Lipinski definition) is 3. The summed E-state index contributed by atoms with van der Waals surface area (Å²) < 4.78 is 0. The van der Waals surface area contributed by atoms with E-state index in [1.165, 1.54) is 0 Å². The molecule has 1 saturated heterocycles. The molecule has 0 saturated carbocycles. The van der Waals surface area contributed by atoms with Gasteiger partial charge in [0.2, 0.25) is 0 Å². The third-order valence-corrected chi connectivity index (χ3v) is 1.90. The second-order valence-corrected chi connectivity index (χ2v) is 2.73. The van der Waals surface area contributed by atoms with Crippen molar-refractivity contribution in [2.45, 2.75) is 13.8 Å². The number of nitrogens with one attached hydrogen (secondary N) is 1. The largest absolute Gasteiger partial charge is 0.369 e. The number of piperazine rings is 1. The lowest BCUT2D eigenvalue weighted by molar-refractivity contribution is 0.308. The highest BCUT2D eigenvalue weighted by molar-refractivity contribution is 5.27. The van der Waals surface area contributed by atoms with Crippen molar-refractivity contribution in [3.63, 3.8) is 0 Å². The maximum absolute atomic E-state index is 3.94. The van der Waals surface area contributed by atoms with Gasteiger partial charge in [0, 0.05) is 38.1 Å². The summed E-state index contributed by atoms with van der Waals surface area (Å²) in [4.78, 5) is 5.87. The normalized spacial score (nSPS) is 16.0. The van der Waals surface area contributed by atoms with E-state index < -0.39 is 0 Å². The molecule has 1 aliphatic heterocycles. The zero-order valence-electron chi connectivity index (χ0n) is 9.29. The molecule has 0 aromatic heterocycles. The number of allylic oxidation sites excluding steroid dienone is 1. The minimum Gasteiger partial charge on any atom is -0.369 e. The molecule has 80 valence electrons. The van der Waals surface area contributed by atoms with Gasteiger partial charge in [-0.2, -0.15) is 0 Å². The van der Waals surface area contributed by atoms with Crippen molar-refractivity contribution < 1.29 is 0 Å². The minimum atomic E-state index is 1.02. The standard InChI is InChI=1S/C9H15N3.C2H6/c1-9(3-4-10-2)12-7-5-11-6-8-12;1-2/h3-4,11H,1-2,5-8H2;1-2H3/b4-3-;. The Kier molecular flexibility index (Phi) is 7.84. The van der Waals surface area contributed by atoms with Crippen LogP contribution in [-0.4, -0.2) is 37.8 Å². The molecular formula is C11H21N3. The van der Waals surface area contributed by atoms with Crippen LogP contribution in [0, 0.1) is 0 Å². The molecule has 1 N–H and O–H groups in total. The third kappa shape index (κ3) is 4.82. The highest BCUT2D eigenvalue weighted by atomic mass is 15.2. The summed E-state index contributed by atoms with van der Waals surface area (Å²) in [7, 11) is 0. The monoisotopic (exact) mass is 195 g/mol. The molecule has 1 rings (SSSR count). The predicted octanol–water partition coefficient (Wildman–Crippen LogP) is 1.65. The fraction of sp³-hybridized carbons (Fsp3) is 0.545. The first-order valence-corrected chi connectivity index (χ1v) is 5.11. The van der Waals surface area contributed by atoms with Crippen LogP contribution >= 0.6 is 0 Å². The van der Waals surface area contributed by atoms with Crippen molar-refractivity contribution in [2.24, 2.45) is 4.99 Å². The van der Waals surface area contributed by atoms with Crippen molar-refractivity contribution in [2.75, 3.05) is 26.2 Å². The van der Waals surface area contributed by atoms with E-state index in [0.717, 1.165) is 31.9 Å². The Morgan fingerprint density at radius 1 is 1.36 bits per heavy atom. The predicted molar refractivity (Wildman–Crippen MR) is 63.6 cm³/mol. The number of rotatable bonds is 3. The lowest BCUT2D eigenvalue weighted by atomic mass is 10.3. The fourth-order valence-corrected chi connectivity index (χ4v) is 1.20. The molecule has 0 aromatic rings. The van der Waals surface area contributed by atoms with Crippen molar-refractivity contribution in [1.82, 2.24) is 10.2 Å². The maximum atomic E-state index is 3.94. The van der Waals surface area contributed by atoms with Gasteiger partial charge in [0.25, 0.3) is 0 Å². The molecule has 1 aliphatic rings. The average Bonchev–Trinajstić information content (AvgIpc) is 2.30. The first-order valence-electron chi connectivity index (χ1n) is 5.11. The van der Waals surface area contributed by atoms with Gasteiger partial charge in [-0.15, -0.1) is 0 Å². The lowest BCUT2D eigenvalue weighted by Gasteiger charge is -2.29. The van der Waals surface area contributed by atoms with Crippen LogP contribution in [-0.2, 0) is 0 Å². The summed E-state index contributed by atoms with van der Waals surface area (Å²) in [6, 6.07) is 0. The van der Waals surface area contributed by atoms with Crippen molar-refractivity contribution in [3.05, 3.63) is 24.6 Å². The van der Waals surface area contributed by atoms with Crippen molar-refractivity contribution in [1.29, 1.82) is 0 Å². The molecule has 0 bridgehead atoms. The van der Waals surface area contributed by atoms with Gasteiger partial charge in [-0.25, -0.2) is 0 Å². The molecule has 3 heteroatoms. The molecule has 0 aromatic carbocycles. The maximum Gasteiger partial charge on any atom is 0.0309 e. The van der Waals surface area contributed by atoms with E-state index >= 15 is 0 Å². The molecular weight excluding hydrogens is 174 g/mol. The quantitative estimate of drug-likeness (QED) is 0.547. The Balaban J connectivity index is 0.000000791. The second kappa shape index (κ2) is 8.51. The van der Waals surface area contributed by atoms with E-state index in [9.17, 15) is 0 Å². The van der Waals surface area contributed by atoms with Gasteiger partial charge in [-0.1, -0.05) is 20.4 Å². The Hall–Kier alpha value is -1.09. The summed E-state index contributed by atoms with van der Waals surface area (Å²) in [6.45, 7) is 15.4. The number of hydrogen-bond donors (Lipinski definition) is 1. The molecule has 0 aliphatic carbocycles. The van der Waals surface area contributed by atoms with Crippen LogP contribution in [0.1, 0.15) is 13.8 Å². The van der Waals surface area contributed by atoms with Gasteiger partial charge >= 0.3 is 0 Å². The summed E-state index contributed by atoms with van der Waals surface area (Å²) in [5, 5.41) is 3.28. The van der Waals surface area contributed by atoms with E-state index in [-0.39, 0.29) is 0 Å². The topological polar surface area (TPSA) is 27.6 Å². The van der Waals surface area contributed by atoms with E-state index in [4.69, 9.17) is 0 Å². The van der Waals surface area contributed by atoms with Crippen LogP contribution in [0.2, 0.25) is 0 Å². The summed E-state index contributed by atoms with van der Waals surface area (Å²) in [6.07, 6.45) is 3.56. The summed E-state index contributed by atoms with van der Waals surface area (Å²) in [5.41, 5.74) is 1.02. The molecule has 0 radical (unpaired) electrons. The Morgan fingerprint density at radius 3 is 2.43 bits per heavy atom. The van der Waals surface area contributed by atoms with Crippen LogP contribution in [0.5, 0.6) is 0 Å². The molecule has 0 atom stereocenters. The highest BCUT2D eigenvalue weighted by Gasteiger charge is 2.08. The van der Waals surface area contributed by atoms with E-state index in [2.05, 4.69) is 28.5 Å². The summed E-state index contributed by atoms with van der Waals surface area (Å²) in [5.74, 6) is 0. The number of aliphatic imine (C=N–C) groups is 1. The van der Waals surface area contributed by atoms with Gasteiger partial charge in [0.1, 0.15) is 0 Å². The van der Waals surface area contributed by atoms with Crippen LogP contribution in [0.15, 0.2) is 29.5 Å². The number of nitrogens with zero attached hydrogens (tertiary/aromatic N) is 2. The van der Waals surface area contributed by atoms with Gasteiger partial charge in [-0.05, 0) is 12.8 Å². The minimum absolute atomic E-state index is 1.02. The van der Waals surface area contributed by atoms with Gasteiger partial charge in [0.05, 0.1) is 0 Å². The smallest absolute Gasteiger partial charge is 0.0309 e. The molecule has 0 amide bonds. The van der Waals surface area contributed by atoms with Crippen LogP contribution in [0.25, 0.3) is 0 Å². The van der Waals surface area contributed by atoms with Gasteiger partial charge < -0.3 is 10.2 Å². The summed E-state index contributed by atoms with van der Waals surface area (Å²) >= 11 is 0. The van der Waals surface area contributed by atoms with Crippen LogP contribution in [0.4, 0.5) is 0 Å². The first-order chi connectivity index (χ1) is 6.84. The van der Waals surface area contributed by atoms with Crippen LogP contribution in [0.3, 0.4) is 0 Å². The molecule has 0 unspecified atom stereocenters. The first kappa shape index (κ1) is 12.9. The van der Waals surface area contributed by atoms with Gasteiger partial charge in [-0.3, -0.25) is 4.99 Å². The average molecular weight is 195 g/mol. The van der Waals surface area contributed by atoms with Crippen molar-refractivity contribution in [3.8, 4) is 0 Å². The zero-order valence-corrected chi connectivity index (χ0v) is 9.29. The van der Waals surface area contributed by atoms with E-state index in [1.807, 2.05) is 19.9 Å². The van der Waals surface area contributed by atoms with E-state index in [1.54, 1.807) is 6.20 Å². The molecule has 1 fully saturated rings. The SMILES string of the molecule is C=N/C=C\C(=C)N1CCNCC1.CC. The van der Waals surface area contributed by atoms with Crippen molar-refractivity contribution >= 4 is 6.72 Å². The molecule has 1 heterocycles. The van der Waals surface area contributed by atoms with Gasteiger partial charge in [0.15, 0.2) is 0 Å². The zero-order chi connectivity index (χ0) is 10.8. The fourth-order valence-electron chi connectivity index (χ4n) is 1.20. The Bertz CT molecular complexity index is 191. The third-order valence-electron chi connectivity index (χ3n) is 1.90. The Labute approximate surface area is 87.2 Å². The molecule has 14 heavy (non-hydrogen) atoms. The van der Waals surface area contributed by atoms with E-state index in [0.29, 0.717) is 0 Å². The van der Waals surface area contributed by atoms with Crippen LogP contribution < -0.4 is 5.32 Å².